The van der Waals surface area contributed by atoms with Crippen LogP contribution in [-0.2, 0) is 10.0 Å². The zero-order valence-electron chi connectivity index (χ0n) is 11.0. The van der Waals surface area contributed by atoms with Crippen LogP contribution in [0, 0.1) is 5.82 Å². The first-order valence-electron chi connectivity index (χ1n) is 5.82. The van der Waals surface area contributed by atoms with Gasteiger partial charge in [0.1, 0.15) is 11.6 Å². The van der Waals surface area contributed by atoms with E-state index in [-0.39, 0.29) is 17.3 Å². The minimum atomic E-state index is -3.47. The van der Waals surface area contributed by atoms with Gasteiger partial charge in [0.05, 0.1) is 11.9 Å². The third-order valence-electron chi connectivity index (χ3n) is 2.99. The fraction of sp³-hybridized carbons (Fsp3) is 0.143. The highest BCUT2D eigenvalue weighted by molar-refractivity contribution is 7.92. The Kier molecular flexibility index (Phi) is 3.67. The van der Waals surface area contributed by atoms with Crippen LogP contribution in [0.5, 0.6) is 5.75 Å². The van der Waals surface area contributed by atoms with Gasteiger partial charge in [-0.2, -0.15) is 0 Å². The Labute approximate surface area is 117 Å². The average molecular weight is 295 g/mol. The maximum Gasteiger partial charge on any atom is 0.232 e. The van der Waals surface area contributed by atoms with Crippen molar-refractivity contribution in [2.24, 2.45) is 0 Å². The Bertz CT molecular complexity index is 727. The second-order valence-corrected chi connectivity index (χ2v) is 6.45. The van der Waals surface area contributed by atoms with Crippen LogP contribution in [0.4, 0.5) is 10.1 Å². The van der Waals surface area contributed by atoms with Crippen LogP contribution in [0.1, 0.15) is 0 Å². The number of phenolic OH excluding ortho intramolecular Hbond substituents is 1. The number of sulfonamides is 1. The number of phenols is 1. The molecule has 0 radical (unpaired) electrons. The van der Waals surface area contributed by atoms with Crippen LogP contribution in [-0.4, -0.2) is 26.8 Å². The SMILES string of the molecule is CN(c1cc(-c2ccc(F)cc2)ccc1O)S(C)(=O)=O. The minimum absolute atomic E-state index is 0.135. The first-order valence-corrected chi connectivity index (χ1v) is 7.67. The average Bonchev–Trinajstić information content (AvgIpc) is 2.38. The number of benzene rings is 2. The number of hydrogen-bond acceptors (Lipinski definition) is 3. The summed E-state index contributed by atoms with van der Waals surface area (Å²) in [6.07, 6.45) is 1.05. The molecule has 0 saturated heterocycles. The molecule has 2 rings (SSSR count). The molecular formula is C14H14FNO3S. The lowest BCUT2D eigenvalue weighted by molar-refractivity contribution is 0.476. The predicted octanol–water partition coefficient (Wildman–Crippen LogP) is 2.59. The van der Waals surface area contributed by atoms with Crippen LogP contribution in [0.2, 0.25) is 0 Å². The van der Waals surface area contributed by atoms with Gasteiger partial charge < -0.3 is 5.11 Å². The number of rotatable bonds is 3. The highest BCUT2D eigenvalue weighted by Crippen LogP contribution is 2.33. The zero-order chi connectivity index (χ0) is 14.9. The molecule has 0 bridgehead atoms. The molecule has 2 aromatic carbocycles. The molecular weight excluding hydrogens is 281 g/mol. The Hall–Kier alpha value is -2.08. The first-order chi connectivity index (χ1) is 9.29. The van der Waals surface area contributed by atoms with E-state index in [0.29, 0.717) is 5.56 Å². The molecule has 0 atom stereocenters. The van der Waals surface area contributed by atoms with Crippen molar-refractivity contribution in [1.29, 1.82) is 0 Å². The van der Waals surface area contributed by atoms with Gasteiger partial charge in [0.15, 0.2) is 0 Å². The van der Waals surface area contributed by atoms with Crippen molar-refractivity contribution in [3.63, 3.8) is 0 Å². The van der Waals surface area contributed by atoms with Crippen molar-refractivity contribution in [1.82, 2.24) is 0 Å². The zero-order valence-corrected chi connectivity index (χ0v) is 11.9. The molecule has 0 aliphatic rings. The van der Waals surface area contributed by atoms with E-state index in [4.69, 9.17) is 0 Å². The molecule has 0 spiro atoms. The van der Waals surface area contributed by atoms with Gasteiger partial charge in [-0.05, 0) is 35.4 Å². The number of anilines is 1. The Morgan fingerprint density at radius 1 is 1.05 bits per heavy atom. The van der Waals surface area contributed by atoms with Gasteiger partial charge in [-0.25, -0.2) is 12.8 Å². The van der Waals surface area contributed by atoms with Crippen molar-refractivity contribution in [2.45, 2.75) is 0 Å². The lowest BCUT2D eigenvalue weighted by Gasteiger charge is -2.18. The van der Waals surface area contributed by atoms with E-state index in [2.05, 4.69) is 0 Å². The molecule has 0 aliphatic carbocycles. The summed E-state index contributed by atoms with van der Waals surface area (Å²) in [5.41, 5.74) is 1.59. The van der Waals surface area contributed by atoms with E-state index < -0.39 is 10.0 Å². The van der Waals surface area contributed by atoms with Crippen molar-refractivity contribution in [3.8, 4) is 16.9 Å². The second-order valence-electron chi connectivity index (χ2n) is 4.44. The summed E-state index contributed by atoms with van der Waals surface area (Å²) < 4.78 is 37.0. The van der Waals surface area contributed by atoms with E-state index >= 15 is 0 Å². The fourth-order valence-electron chi connectivity index (χ4n) is 1.78. The molecule has 0 aromatic heterocycles. The van der Waals surface area contributed by atoms with Crippen LogP contribution >= 0.6 is 0 Å². The number of nitrogens with zero attached hydrogens (tertiary/aromatic N) is 1. The van der Waals surface area contributed by atoms with Gasteiger partial charge in [0.25, 0.3) is 0 Å². The van der Waals surface area contributed by atoms with E-state index in [1.54, 1.807) is 24.3 Å². The molecule has 0 amide bonds. The molecule has 20 heavy (non-hydrogen) atoms. The predicted molar refractivity (Wildman–Crippen MR) is 76.7 cm³/mol. The minimum Gasteiger partial charge on any atom is -0.506 e. The number of hydrogen-bond donors (Lipinski definition) is 1. The lowest BCUT2D eigenvalue weighted by atomic mass is 10.0. The third-order valence-corrected chi connectivity index (χ3v) is 4.18. The topological polar surface area (TPSA) is 57.6 Å². The number of aromatic hydroxyl groups is 1. The summed E-state index contributed by atoms with van der Waals surface area (Å²) in [4.78, 5) is 0. The van der Waals surface area contributed by atoms with Gasteiger partial charge >= 0.3 is 0 Å². The van der Waals surface area contributed by atoms with Crippen LogP contribution in [0.25, 0.3) is 11.1 Å². The standard InChI is InChI=1S/C14H14FNO3S/c1-16(20(2,18)19)13-9-11(5-8-14(13)17)10-3-6-12(15)7-4-10/h3-9,17H,1-2H3. The molecule has 0 fully saturated rings. The smallest absolute Gasteiger partial charge is 0.232 e. The van der Waals surface area contributed by atoms with Gasteiger partial charge in [-0.1, -0.05) is 18.2 Å². The van der Waals surface area contributed by atoms with Crippen LogP contribution in [0.15, 0.2) is 42.5 Å². The molecule has 0 aliphatic heterocycles. The largest absolute Gasteiger partial charge is 0.506 e. The summed E-state index contributed by atoms with van der Waals surface area (Å²) in [6, 6.07) is 10.4. The van der Waals surface area contributed by atoms with Crippen molar-refractivity contribution >= 4 is 15.7 Å². The van der Waals surface area contributed by atoms with Crippen LogP contribution < -0.4 is 4.31 Å². The molecule has 4 nitrogen and oxygen atoms in total. The Morgan fingerprint density at radius 2 is 1.60 bits per heavy atom. The highest BCUT2D eigenvalue weighted by atomic mass is 32.2. The second kappa shape index (κ2) is 5.13. The summed E-state index contributed by atoms with van der Waals surface area (Å²) in [5, 5.41) is 9.79. The summed E-state index contributed by atoms with van der Waals surface area (Å²) in [7, 11) is -2.11. The van der Waals surface area contributed by atoms with Gasteiger partial charge in [0.2, 0.25) is 10.0 Å². The van der Waals surface area contributed by atoms with E-state index in [0.717, 1.165) is 16.1 Å². The monoisotopic (exact) mass is 295 g/mol. The Balaban J connectivity index is 2.51. The van der Waals surface area contributed by atoms with Crippen molar-refractivity contribution < 1.29 is 17.9 Å². The third kappa shape index (κ3) is 2.91. The van der Waals surface area contributed by atoms with Crippen LogP contribution in [0.3, 0.4) is 0 Å². The maximum absolute atomic E-state index is 12.9. The molecule has 0 unspecified atom stereocenters. The maximum atomic E-state index is 12.9. The summed E-state index contributed by atoms with van der Waals surface area (Å²) in [6.45, 7) is 0. The Morgan fingerprint density at radius 3 is 2.15 bits per heavy atom. The molecule has 0 heterocycles. The van der Waals surface area contributed by atoms with Crippen molar-refractivity contribution in [3.05, 3.63) is 48.3 Å². The molecule has 106 valence electrons. The van der Waals surface area contributed by atoms with E-state index in [9.17, 15) is 17.9 Å². The summed E-state index contributed by atoms with van der Waals surface area (Å²) >= 11 is 0. The van der Waals surface area contributed by atoms with Gasteiger partial charge in [0, 0.05) is 7.05 Å². The quantitative estimate of drug-likeness (QED) is 0.947. The molecule has 1 N–H and O–H groups in total. The normalized spacial score (nSPS) is 11.3. The molecule has 2 aromatic rings. The first kappa shape index (κ1) is 14.3. The molecule has 0 saturated carbocycles. The van der Waals surface area contributed by atoms with E-state index in [1.807, 2.05) is 0 Å². The summed E-state index contributed by atoms with van der Waals surface area (Å²) in [5.74, 6) is -0.482. The van der Waals surface area contributed by atoms with Crippen molar-refractivity contribution in [2.75, 3.05) is 17.6 Å². The number of halogens is 1. The highest BCUT2D eigenvalue weighted by Gasteiger charge is 2.16. The lowest BCUT2D eigenvalue weighted by Crippen LogP contribution is -2.24. The van der Waals surface area contributed by atoms with Gasteiger partial charge in [-0.3, -0.25) is 4.31 Å². The van der Waals surface area contributed by atoms with E-state index in [1.165, 1.54) is 25.2 Å². The van der Waals surface area contributed by atoms with Gasteiger partial charge in [-0.15, -0.1) is 0 Å². The fourth-order valence-corrected chi connectivity index (χ4v) is 2.28. The molecule has 6 heteroatoms.